The maximum Gasteiger partial charge on any atom is 0.227 e. The Bertz CT molecular complexity index is 468. The van der Waals surface area contributed by atoms with Crippen molar-refractivity contribution in [3.8, 4) is 0 Å². The molecule has 1 N–H and O–H groups in total. The van der Waals surface area contributed by atoms with E-state index in [4.69, 9.17) is 0 Å². The van der Waals surface area contributed by atoms with E-state index in [1.165, 1.54) is 0 Å². The van der Waals surface area contributed by atoms with Crippen molar-refractivity contribution in [1.29, 1.82) is 0 Å². The molecule has 2 heterocycles. The fourth-order valence-corrected chi connectivity index (χ4v) is 2.65. The van der Waals surface area contributed by atoms with Crippen molar-refractivity contribution in [1.82, 2.24) is 14.8 Å². The number of nitrogens with one attached hydrogen (secondary N) is 1. The largest absolute Gasteiger partial charge is 0.367 e. The van der Waals surface area contributed by atoms with Crippen LogP contribution in [-0.4, -0.2) is 52.8 Å². The summed E-state index contributed by atoms with van der Waals surface area (Å²) < 4.78 is 0. The van der Waals surface area contributed by atoms with Gasteiger partial charge in [-0.1, -0.05) is 13.8 Å². The zero-order valence-corrected chi connectivity index (χ0v) is 13.0. The van der Waals surface area contributed by atoms with Gasteiger partial charge in [0.25, 0.3) is 0 Å². The van der Waals surface area contributed by atoms with Gasteiger partial charge < -0.3 is 14.8 Å². The molecule has 0 radical (unpaired) electrons. The average molecular weight is 291 g/mol. The van der Waals surface area contributed by atoms with Crippen molar-refractivity contribution in [2.75, 3.05) is 26.2 Å². The van der Waals surface area contributed by atoms with E-state index in [1.54, 1.807) is 0 Å². The van der Waals surface area contributed by atoms with Gasteiger partial charge in [-0.25, -0.2) is 0 Å². The topological polar surface area (TPSA) is 56.4 Å². The molecule has 1 aliphatic heterocycles. The molecule has 0 aromatic carbocycles. The molecule has 1 saturated heterocycles. The number of hydrogen-bond donors (Lipinski definition) is 1. The summed E-state index contributed by atoms with van der Waals surface area (Å²) in [5, 5.41) is 0. The van der Waals surface area contributed by atoms with E-state index in [0.29, 0.717) is 31.8 Å². The second-order valence-corrected chi connectivity index (χ2v) is 6.11. The van der Waals surface area contributed by atoms with Crippen LogP contribution in [-0.2, 0) is 16.0 Å². The predicted octanol–water partition coefficient (Wildman–Crippen LogP) is 1.66. The Morgan fingerprint density at radius 1 is 1.14 bits per heavy atom. The summed E-state index contributed by atoms with van der Waals surface area (Å²) in [7, 11) is 0. The van der Waals surface area contributed by atoms with E-state index in [9.17, 15) is 9.59 Å². The van der Waals surface area contributed by atoms with Crippen LogP contribution in [0.3, 0.4) is 0 Å². The third kappa shape index (κ3) is 4.62. The van der Waals surface area contributed by atoms with Crippen molar-refractivity contribution in [2.45, 2.75) is 33.1 Å². The molecular weight excluding hydrogens is 266 g/mol. The highest BCUT2D eigenvalue weighted by molar-refractivity contribution is 5.79. The lowest BCUT2D eigenvalue weighted by Gasteiger charge is -2.22. The lowest BCUT2D eigenvalue weighted by atomic mass is 10.1. The Kier molecular flexibility index (Phi) is 5.42. The summed E-state index contributed by atoms with van der Waals surface area (Å²) in [5.41, 5.74) is 1.01. The number of aromatic amines is 1. The fourth-order valence-electron chi connectivity index (χ4n) is 2.65. The minimum atomic E-state index is 0.146. The van der Waals surface area contributed by atoms with Gasteiger partial charge >= 0.3 is 0 Å². The Balaban J connectivity index is 1.85. The van der Waals surface area contributed by atoms with E-state index < -0.39 is 0 Å². The molecule has 116 valence electrons. The van der Waals surface area contributed by atoms with Gasteiger partial charge in [0.05, 0.1) is 6.42 Å². The molecule has 1 aromatic rings. The third-order valence-corrected chi connectivity index (χ3v) is 3.80. The predicted molar refractivity (Wildman–Crippen MR) is 81.7 cm³/mol. The lowest BCUT2D eigenvalue weighted by Crippen LogP contribution is -2.38. The normalized spacial score (nSPS) is 16.1. The van der Waals surface area contributed by atoms with E-state index in [2.05, 4.69) is 18.8 Å². The molecule has 5 nitrogen and oxygen atoms in total. The van der Waals surface area contributed by atoms with E-state index >= 15 is 0 Å². The molecule has 21 heavy (non-hydrogen) atoms. The van der Waals surface area contributed by atoms with Gasteiger partial charge in [0, 0.05) is 45.0 Å². The molecule has 5 heteroatoms. The number of carbonyl (C=O) groups is 2. The smallest absolute Gasteiger partial charge is 0.227 e. The molecule has 2 rings (SSSR count). The summed E-state index contributed by atoms with van der Waals surface area (Å²) in [6.45, 7) is 6.93. The second-order valence-electron chi connectivity index (χ2n) is 6.11. The van der Waals surface area contributed by atoms with Gasteiger partial charge in [0.2, 0.25) is 11.8 Å². The summed E-state index contributed by atoms with van der Waals surface area (Å²) >= 11 is 0. The van der Waals surface area contributed by atoms with Gasteiger partial charge in [-0.2, -0.15) is 0 Å². The fraction of sp³-hybridized carbons (Fsp3) is 0.625. The van der Waals surface area contributed by atoms with Crippen molar-refractivity contribution in [3.05, 3.63) is 24.0 Å². The number of H-pyrrole nitrogens is 1. The quantitative estimate of drug-likeness (QED) is 0.917. The van der Waals surface area contributed by atoms with Gasteiger partial charge in [0.15, 0.2) is 0 Å². The summed E-state index contributed by atoms with van der Waals surface area (Å²) in [6, 6.07) is 1.92. The first-order valence-electron chi connectivity index (χ1n) is 7.73. The zero-order valence-electron chi connectivity index (χ0n) is 13.0. The van der Waals surface area contributed by atoms with Gasteiger partial charge in [-0.15, -0.1) is 0 Å². The van der Waals surface area contributed by atoms with Gasteiger partial charge in [-0.3, -0.25) is 9.59 Å². The van der Waals surface area contributed by atoms with Crippen LogP contribution in [0.25, 0.3) is 0 Å². The first-order chi connectivity index (χ1) is 10.1. The van der Waals surface area contributed by atoms with Crippen molar-refractivity contribution in [2.24, 2.45) is 5.92 Å². The molecule has 1 aliphatic rings. The third-order valence-electron chi connectivity index (χ3n) is 3.80. The second kappa shape index (κ2) is 7.29. The Morgan fingerprint density at radius 2 is 1.81 bits per heavy atom. The Hall–Kier alpha value is -1.78. The molecule has 0 atom stereocenters. The van der Waals surface area contributed by atoms with Crippen LogP contribution in [0.1, 0.15) is 32.3 Å². The minimum absolute atomic E-state index is 0.146. The van der Waals surface area contributed by atoms with Gasteiger partial charge in [-0.05, 0) is 24.0 Å². The molecular formula is C16H25N3O2. The maximum atomic E-state index is 12.3. The minimum Gasteiger partial charge on any atom is -0.367 e. The summed E-state index contributed by atoms with van der Waals surface area (Å²) in [4.78, 5) is 31.2. The standard InChI is InChI=1S/C16H25N3O2/c1-13(2)10-15(20)18-6-3-7-19(9-8-18)16(21)11-14-4-5-17-12-14/h4-5,12-13,17H,3,6-11H2,1-2H3. The number of aromatic nitrogens is 1. The SMILES string of the molecule is CC(C)CC(=O)N1CCCN(C(=O)Cc2cc[nH]c2)CC1. The van der Waals surface area contributed by atoms with Crippen LogP contribution in [0.2, 0.25) is 0 Å². The van der Waals surface area contributed by atoms with Crippen molar-refractivity contribution in [3.63, 3.8) is 0 Å². The molecule has 2 amide bonds. The molecule has 1 aromatic heterocycles. The van der Waals surface area contributed by atoms with Gasteiger partial charge in [0.1, 0.15) is 0 Å². The highest BCUT2D eigenvalue weighted by atomic mass is 16.2. The first kappa shape index (κ1) is 15.6. The van der Waals surface area contributed by atoms with Crippen molar-refractivity contribution >= 4 is 11.8 Å². The monoisotopic (exact) mass is 291 g/mol. The van der Waals surface area contributed by atoms with Crippen LogP contribution in [0.5, 0.6) is 0 Å². The maximum absolute atomic E-state index is 12.3. The molecule has 0 aliphatic carbocycles. The Morgan fingerprint density at radius 3 is 2.38 bits per heavy atom. The molecule has 1 fully saturated rings. The summed E-state index contributed by atoms with van der Waals surface area (Å²) in [6.07, 6.45) is 5.58. The summed E-state index contributed by atoms with van der Waals surface area (Å²) in [5.74, 6) is 0.741. The average Bonchev–Trinajstić information content (AvgIpc) is 2.79. The van der Waals surface area contributed by atoms with Crippen LogP contribution >= 0.6 is 0 Å². The van der Waals surface area contributed by atoms with Crippen LogP contribution in [0, 0.1) is 5.92 Å². The lowest BCUT2D eigenvalue weighted by molar-refractivity contribution is -0.133. The molecule has 0 bridgehead atoms. The number of hydrogen-bond acceptors (Lipinski definition) is 2. The van der Waals surface area contributed by atoms with Crippen LogP contribution in [0.15, 0.2) is 18.5 Å². The highest BCUT2D eigenvalue weighted by Crippen LogP contribution is 2.10. The number of rotatable bonds is 4. The van der Waals surface area contributed by atoms with E-state index in [-0.39, 0.29) is 11.8 Å². The van der Waals surface area contributed by atoms with E-state index in [0.717, 1.165) is 25.1 Å². The molecule has 0 spiro atoms. The zero-order chi connectivity index (χ0) is 15.2. The Labute approximate surface area is 126 Å². The van der Waals surface area contributed by atoms with Crippen LogP contribution < -0.4 is 0 Å². The highest BCUT2D eigenvalue weighted by Gasteiger charge is 2.22. The number of nitrogens with zero attached hydrogens (tertiary/aromatic N) is 2. The van der Waals surface area contributed by atoms with Crippen LogP contribution in [0.4, 0.5) is 0 Å². The first-order valence-corrected chi connectivity index (χ1v) is 7.73. The molecule has 0 unspecified atom stereocenters. The number of amides is 2. The van der Waals surface area contributed by atoms with E-state index in [1.807, 2.05) is 28.3 Å². The van der Waals surface area contributed by atoms with Crippen molar-refractivity contribution < 1.29 is 9.59 Å². The molecule has 0 saturated carbocycles. The number of carbonyl (C=O) groups excluding carboxylic acids is 2.